The third kappa shape index (κ3) is 4.53. The van der Waals surface area contributed by atoms with Gasteiger partial charge in [-0.3, -0.25) is 24.6 Å². The molecule has 1 aliphatic rings. The van der Waals surface area contributed by atoms with Gasteiger partial charge in [0.1, 0.15) is 16.6 Å². The molecule has 0 atom stereocenters. The monoisotopic (exact) mass is 415 g/mol. The number of aromatic hydroxyl groups is 1. The zero-order chi connectivity index (χ0) is 20.3. The summed E-state index contributed by atoms with van der Waals surface area (Å²) < 4.78 is 0.246. The molecule has 8 nitrogen and oxygen atoms in total. The standard InChI is InChI=1S/C18H13N3O5S2/c22-14-3-1-2-11(8-14)9-15-17(24)20(18(27)28-15)10-16(23)19-12-4-6-13(7-5-12)21(25)26/h1-9,22H,10H2,(H,19,23)/b15-9-. The summed E-state index contributed by atoms with van der Waals surface area (Å²) in [5, 5.41) is 22.7. The molecule has 0 saturated carbocycles. The Bertz CT molecular complexity index is 1000. The van der Waals surface area contributed by atoms with Gasteiger partial charge < -0.3 is 10.4 Å². The number of nitrogens with one attached hydrogen (secondary N) is 1. The normalized spacial score (nSPS) is 15.1. The zero-order valence-electron chi connectivity index (χ0n) is 14.2. The molecule has 1 aliphatic heterocycles. The van der Waals surface area contributed by atoms with Crippen molar-refractivity contribution in [3.8, 4) is 5.75 Å². The average Bonchev–Trinajstić information content (AvgIpc) is 2.89. The molecule has 1 heterocycles. The summed E-state index contributed by atoms with van der Waals surface area (Å²) >= 11 is 6.26. The maximum Gasteiger partial charge on any atom is 0.269 e. The van der Waals surface area contributed by atoms with E-state index in [9.17, 15) is 24.8 Å². The second-order valence-corrected chi connectivity index (χ2v) is 7.39. The van der Waals surface area contributed by atoms with Crippen molar-refractivity contribution in [3.63, 3.8) is 0 Å². The third-order valence-electron chi connectivity index (χ3n) is 3.71. The highest BCUT2D eigenvalue weighted by Crippen LogP contribution is 2.32. The van der Waals surface area contributed by atoms with E-state index in [2.05, 4.69) is 5.32 Å². The first kappa shape index (κ1) is 19.5. The van der Waals surface area contributed by atoms with E-state index in [1.807, 2.05) is 0 Å². The SMILES string of the molecule is O=C(CN1C(=O)/C(=C/c2cccc(O)c2)SC1=S)Nc1ccc([N+](=O)[O-])cc1. The smallest absolute Gasteiger partial charge is 0.269 e. The molecule has 1 saturated heterocycles. The number of phenolic OH excluding ortho intramolecular Hbond substituents is 1. The number of thioether (sulfide) groups is 1. The summed E-state index contributed by atoms with van der Waals surface area (Å²) in [6.07, 6.45) is 1.59. The van der Waals surface area contributed by atoms with Crippen molar-refractivity contribution in [2.75, 3.05) is 11.9 Å². The number of carbonyl (C=O) groups is 2. The highest BCUT2D eigenvalue weighted by Gasteiger charge is 2.33. The summed E-state index contributed by atoms with van der Waals surface area (Å²) in [6, 6.07) is 11.8. The van der Waals surface area contributed by atoms with Crippen molar-refractivity contribution in [1.82, 2.24) is 4.90 Å². The summed E-state index contributed by atoms with van der Waals surface area (Å²) in [6.45, 7) is -0.279. The van der Waals surface area contributed by atoms with Crippen molar-refractivity contribution >= 4 is 57.6 Å². The highest BCUT2D eigenvalue weighted by atomic mass is 32.2. The van der Waals surface area contributed by atoms with Crippen LogP contribution in [0.3, 0.4) is 0 Å². The van der Waals surface area contributed by atoms with Crippen molar-refractivity contribution in [2.24, 2.45) is 0 Å². The summed E-state index contributed by atoms with van der Waals surface area (Å²) in [7, 11) is 0. The molecule has 2 N–H and O–H groups in total. The lowest BCUT2D eigenvalue weighted by Gasteiger charge is -2.14. The predicted octanol–water partition coefficient (Wildman–Crippen LogP) is 3.14. The highest BCUT2D eigenvalue weighted by molar-refractivity contribution is 8.26. The Morgan fingerprint density at radius 2 is 2.00 bits per heavy atom. The maximum absolute atomic E-state index is 12.5. The number of amides is 2. The number of nitro benzene ring substituents is 1. The molecule has 1 fully saturated rings. The van der Waals surface area contributed by atoms with E-state index in [0.717, 1.165) is 11.8 Å². The van der Waals surface area contributed by atoms with E-state index < -0.39 is 16.7 Å². The van der Waals surface area contributed by atoms with Crippen LogP contribution in [0.5, 0.6) is 5.75 Å². The first-order valence-corrected chi connectivity index (χ1v) is 9.14. The molecule has 2 amide bonds. The predicted molar refractivity (Wildman–Crippen MR) is 110 cm³/mol. The molecule has 0 aliphatic carbocycles. The fourth-order valence-corrected chi connectivity index (χ4v) is 3.67. The molecule has 0 spiro atoms. The van der Waals surface area contributed by atoms with Crippen LogP contribution in [0.1, 0.15) is 5.56 Å². The second-order valence-electron chi connectivity index (χ2n) is 5.72. The van der Waals surface area contributed by atoms with E-state index in [0.29, 0.717) is 16.2 Å². The minimum absolute atomic E-state index is 0.0757. The first-order chi connectivity index (χ1) is 13.3. The quantitative estimate of drug-likeness (QED) is 0.334. The number of hydrogen-bond donors (Lipinski definition) is 2. The number of thiocarbonyl (C=S) groups is 1. The minimum Gasteiger partial charge on any atom is -0.508 e. The van der Waals surface area contributed by atoms with Gasteiger partial charge in [-0.05, 0) is 35.9 Å². The number of anilines is 1. The Balaban J connectivity index is 1.66. The van der Waals surface area contributed by atoms with Gasteiger partial charge in [0.25, 0.3) is 11.6 Å². The van der Waals surface area contributed by atoms with Gasteiger partial charge in [-0.1, -0.05) is 36.1 Å². The minimum atomic E-state index is -0.537. The largest absolute Gasteiger partial charge is 0.508 e. The lowest BCUT2D eigenvalue weighted by Crippen LogP contribution is -2.36. The van der Waals surface area contributed by atoms with E-state index >= 15 is 0 Å². The van der Waals surface area contributed by atoms with E-state index in [-0.39, 0.29) is 22.3 Å². The molecular weight excluding hydrogens is 402 g/mol. The van der Waals surface area contributed by atoms with Gasteiger partial charge in [0, 0.05) is 17.8 Å². The van der Waals surface area contributed by atoms with Gasteiger partial charge in [-0.15, -0.1) is 0 Å². The topological polar surface area (TPSA) is 113 Å². The van der Waals surface area contributed by atoms with Gasteiger partial charge >= 0.3 is 0 Å². The van der Waals surface area contributed by atoms with Crippen LogP contribution in [0.4, 0.5) is 11.4 Å². The fraction of sp³-hybridized carbons (Fsp3) is 0.0556. The molecule has 0 bridgehead atoms. The molecular formula is C18H13N3O5S2. The van der Waals surface area contributed by atoms with E-state index in [1.165, 1.54) is 41.3 Å². The molecule has 3 rings (SSSR count). The average molecular weight is 415 g/mol. The lowest BCUT2D eigenvalue weighted by molar-refractivity contribution is -0.384. The Hall–Kier alpha value is -3.24. The van der Waals surface area contributed by atoms with Gasteiger partial charge in [0.05, 0.1) is 9.83 Å². The molecule has 142 valence electrons. The lowest BCUT2D eigenvalue weighted by atomic mass is 10.2. The Kier molecular flexibility index (Phi) is 5.71. The molecule has 0 radical (unpaired) electrons. The van der Waals surface area contributed by atoms with Crippen LogP contribution in [-0.2, 0) is 9.59 Å². The van der Waals surface area contributed by atoms with Crippen LogP contribution in [-0.4, -0.2) is 37.6 Å². The number of carbonyl (C=O) groups excluding carboxylic acids is 2. The van der Waals surface area contributed by atoms with Gasteiger partial charge in [-0.2, -0.15) is 0 Å². The second kappa shape index (κ2) is 8.19. The van der Waals surface area contributed by atoms with Gasteiger partial charge in [0.15, 0.2) is 0 Å². The van der Waals surface area contributed by atoms with E-state index in [4.69, 9.17) is 12.2 Å². The third-order valence-corrected chi connectivity index (χ3v) is 5.08. The van der Waals surface area contributed by atoms with Crippen LogP contribution >= 0.6 is 24.0 Å². The number of hydrogen-bond acceptors (Lipinski definition) is 7. The van der Waals surface area contributed by atoms with Crippen molar-refractivity contribution in [3.05, 3.63) is 69.1 Å². The summed E-state index contributed by atoms with van der Waals surface area (Å²) in [5.74, 6) is -0.812. The Morgan fingerprint density at radius 3 is 2.64 bits per heavy atom. The zero-order valence-corrected chi connectivity index (χ0v) is 15.8. The van der Waals surface area contributed by atoms with E-state index in [1.54, 1.807) is 18.2 Å². The summed E-state index contributed by atoms with van der Waals surface area (Å²) in [5.41, 5.74) is 0.916. The first-order valence-electron chi connectivity index (χ1n) is 7.92. The number of non-ortho nitro benzene ring substituents is 1. The molecule has 2 aromatic rings. The van der Waals surface area contributed by atoms with Gasteiger partial charge in [0.2, 0.25) is 5.91 Å². The van der Waals surface area contributed by atoms with Crippen LogP contribution in [0.15, 0.2) is 53.4 Å². The van der Waals surface area contributed by atoms with Crippen LogP contribution in [0, 0.1) is 10.1 Å². The van der Waals surface area contributed by atoms with Crippen LogP contribution in [0.25, 0.3) is 6.08 Å². The molecule has 2 aromatic carbocycles. The van der Waals surface area contributed by atoms with Crippen molar-refractivity contribution < 1.29 is 19.6 Å². The molecule has 10 heteroatoms. The number of nitro groups is 1. The molecule has 0 aromatic heterocycles. The maximum atomic E-state index is 12.5. The number of nitrogens with zero attached hydrogens (tertiary/aromatic N) is 2. The van der Waals surface area contributed by atoms with Gasteiger partial charge in [-0.25, -0.2) is 0 Å². The fourth-order valence-electron chi connectivity index (χ4n) is 2.41. The summed E-state index contributed by atoms with van der Waals surface area (Å²) in [4.78, 5) is 36.4. The number of rotatable bonds is 5. The Labute approximate surface area is 169 Å². The number of phenols is 1. The van der Waals surface area contributed by atoms with Crippen molar-refractivity contribution in [2.45, 2.75) is 0 Å². The molecule has 0 unspecified atom stereocenters. The van der Waals surface area contributed by atoms with Crippen LogP contribution < -0.4 is 5.32 Å². The van der Waals surface area contributed by atoms with Crippen molar-refractivity contribution in [1.29, 1.82) is 0 Å². The van der Waals surface area contributed by atoms with Crippen LogP contribution in [0.2, 0.25) is 0 Å². The Morgan fingerprint density at radius 1 is 1.29 bits per heavy atom. The molecule has 28 heavy (non-hydrogen) atoms. The number of benzene rings is 2.